The molecule has 0 aliphatic heterocycles. The number of aromatic nitrogens is 4. The molecule has 0 aliphatic rings. The lowest BCUT2D eigenvalue weighted by Gasteiger charge is -2.16. The number of tetrazole rings is 1. The third-order valence-corrected chi connectivity index (χ3v) is 2.93. The van der Waals surface area contributed by atoms with Crippen LogP contribution in [0.4, 0.5) is 23.7 Å². The predicted molar refractivity (Wildman–Crippen MR) is 65.5 cm³/mol. The molecule has 11 heteroatoms. The highest BCUT2D eigenvalue weighted by Crippen LogP contribution is 2.43. The number of anilines is 1. The Morgan fingerprint density at radius 2 is 2.10 bits per heavy atom. The Morgan fingerprint density at radius 3 is 2.60 bits per heavy atom. The number of halogens is 4. The number of nitrogens with two attached hydrogens (primary N) is 1. The smallest absolute Gasteiger partial charge is 0.351 e. The number of urea groups is 1. The zero-order valence-electron chi connectivity index (χ0n) is 9.49. The molecule has 1 heterocycles. The average Bonchev–Trinajstić information content (AvgIpc) is 2.82. The zero-order chi connectivity index (χ0) is 14.9. The monoisotopic (exact) mass is 350 g/mol. The van der Waals surface area contributed by atoms with Gasteiger partial charge in [0.15, 0.2) is 0 Å². The van der Waals surface area contributed by atoms with Gasteiger partial charge in [-0.2, -0.15) is 18.4 Å². The van der Waals surface area contributed by atoms with Crippen LogP contribution in [-0.4, -0.2) is 26.7 Å². The van der Waals surface area contributed by atoms with E-state index in [4.69, 9.17) is 5.73 Å². The number of amides is 2. The second-order valence-electron chi connectivity index (χ2n) is 3.57. The molecule has 0 radical (unpaired) electrons. The van der Waals surface area contributed by atoms with Gasteiger partial charge in [-0.05, 0) is 17.3 Å². The molecule has 0 saturated carbocycles. The molecule has 0 unspecified atom stereocenters. The first-order chi connectivity index (χ1) is 9.30. The topological polar surface area (TPSA) is 110 Å². The van der Waals surface area contributed by atoms with Crippen molar-refractivity contribution in [1.82, 2.24) is 20.6 Å². The fraction of sp³-hybridized carbons (Fsp3) is 0.111. The van der Waals surface area contributed by atoms with Crippen molar-refractivity contribution in [3.63, 3.8) is 0 Å². The van der Waals surface area contributed by atoms with Gasteiger partial charge in [0.2, 0.25) is 5.82 Å². The van der Waals surface area contributed by atoms with E-state index in [1.165, 1.54) is 6.07 Å². The number of H-pyrrole nitrogens is 1. The molecule has 2 rings (SSSR count). The van der Waals surface area contributed by atoms with E-state index in [1.54, 1.807) is 0 Å². The summed E-state index contributed by atoms with van der Waals surface area (Å²) < 4.78 is 39.3. The van der Waals surface area contributed by atoms with Crippen LogP contribution in [0, 0.1) is 0 Å². The zero-order valence-corrected chi connectivity index (χ0v) is 11.1. The first-order valence-electron chi connectivity index (χ1n) is 5.00. The van der Waals surface area contributed by atoms with Gasteiger partial charge in [0.1, 0.15) is 0 Å². The Labute approximate surface area is 117 Å². The van der Waals surface area contributed by atoms with Gasteiger partial charge in [-0.1, -0.05) is 15.9 Å². The summed E-state index contributed by atoms with van der Waals surface area (Å²) in [5.74, 6) is -0.317. The number of benzene rings is 1. The Hall–Kier alpha value is -2.17. The predicted octanol–water partition coefficient (Wildman–Crippen LogP) is 2.14. The lowest BCUT2D eigenvalue weighted by molar-refractivity contribution is -0.137. The van der Waals surface area contributed by atoms with Gasteiger partial charge in [-0.15, -0.1) is 10.2 Å². The fourth-order valence-corrected chi connectivity index (χ4v) is 2.15. The van der Waals surface area contributed by atoms with Gasteiger partial charge >= 0.3 is 12.2 Å². The minimum atomic E-state index is -4.69. The number of rotatable bonds is 2. The molecule has 106 valence electrons. The fourth-order valence-electron chi connectivity index (χ4n) is 1.59. The van der Waals surface area contributed by atoms with Crippen molar-refractivity contribution >= 4 is 27.6 Å². The number of aromatic amines is 1. The van der Waals surface area contributed by atoms with Crippen molar-refractivity contribution in [1.29, 1.82) is 0 Å². The Bertz CT molecular complexity index is 642. The summed E-state index contributed by atoms with van der Waals surface area (Å²) in [7, 11) is 0. The van der Waals surface area contributed by atoms with Crippen LogP contribution < -0.4 is 11.1 Å². The van der Waals surface area contributed by atoms with Crippen molar-refractivity contribution in [3.8, 4) is 11.4 Å². The number of hydrogen-bond donors (Lipinski definition) is 3. The number of carbonyl (C=O) groups excluding carboxylic acids is 1. The average molecular weight is 351 g/mol. The second-order valence-corrected chi connectivity index (χ2v) is 4.42. The van der Waals surface area contributed by atoms with Crippen molar-refractivity contribution in [2.24, 2.45) is 5.73 Å². The van der Waals surface area contributed by atoms with Crippen molar-refractivity contribution in [2.75, 3.05) is 5.32 Å². The molecule has 2 aromatic rings. The highest BCUT2D eigenvalue weighted by Gasteiger charge is 2.38. The highest BCUT2D eigenvalue weighted by atomic mass is 79.9. The van der Waals surface area contributed by atoms with Crippen LogP contribution in [-0.2, 0) is 6.18 Å². The summed E-state index contributed by atoms with van der Waals surface area (Å²) >= 11 is 2.82. The van der Waals surface area contributed by atoms with E-state index < -0.39 is 23.3 Å². The Morgan fingerprint density at radius 1 is 1.40 bits per heavy atom. The largest absolute Gasteiger partial charge is 0.418 e. The second kappa shape index (κ2) is 5.07. The van der Waals surface area contributed by atoms with E-state index in [2.05, 4.69) is 41.9 Å². The van der Waals surface area contributed by atoms with Crippen LogP contribution in [0.25, 0.3) is 11.4 Å². The molecule has 7 nitrogen and oxygen atoms in total. The minimum absolute atomic E-state index is 0.172. The van der Waals surface area contributed by atoms with E-state index >= 15 is 0 Å². The third-order valence-electron chi connectivity index (χ3n) is 2.26. The molecule has 4 N–H and O–H groups in total. The van der Waals surface area contributed by atoms with Gasteiger partial charge in [0.25, 0.3) is 0 Å². The van der Waals surface area contributed by atoms with E-state index in [9.17, 15) is 18.0 Å². The molecule has 0 atom stereocenters. The lowest BCUT2D eigenvalue weighted by atomic mass is 10.0. The van der Waals surface area contributed by atoms with Crippen molar-refractivity contribution in [2.45, 2.75) is 6.18 Å². The van der Waals surface area contributed by atoms with Gasteiger partial charge < -0.3 is 11.1 Å². The van der Waals surface area contributed by atoms with Crippen LogP contribution in [0.3, 0.4) is 0 Å². The highest BCUT2D eigenvalue weighted by molar-refractivity contribution is 9.10. The Balaban J connectivity index is 2.75. The molecule has 0 fully saturated rings. The summed E-state index contributed by atoms with van der Waals surface area (Å²) in [5.41, 5.74) is 3.30. The summed E-state index contributed by atoms with van der Waals surface area (Å²) in [6.45, 7) is 0. The molecule has 0 spiro atoms. The number of primary amides is 1. The van der Waals surface area contributed by atoms with E-state index in [-0.39, 0.29) is 16.0 Å². The number of hydrogen-bond acceptors (Lipinski definition) is 4. The first kappa shape index (κ1) is 14.2. The van der Waals surface area contributed by atoms with Gasteiger partial charge in [-0.25, -0.2) is 4.79 Å². The molecule has 20 heavy (non-hydrogen) atoms. The number of nitrogens with one attached hydrogen (secondary N) is 2. The van der Waals surface area contributed by atoms with Crippen LogP contribution in [0.5, 0.6) is 0 Å². The van der Waals surface area contributed by atoms with Crippen LogP contribution in [0.1, 0.15) is 5.56 Å². The minimum Gasteiger partial charge on any atom is -0.351 e. The molecule has 0 saturated heterocycles. The molecule has 1 aromatic carbocycles. The molecule has 0 aliphatic carbocycles. The van der Waals surface area contributed by atoms with Crippen LogP contribution in [0.2, 0.25) is 0 Å². The SMILES string of the molecule is NC(=O)Nc1ccc(Br)c(C(F)(F)F)c1-c1nn[nH]n1. The van der Waals surface area contributed by atoms with Gasteiger partial charge in [0.05, 0.1) is 16.8 Å². The maximum Gasteiger partial charge on any atom is 0.418 e. The van der Waals surface area contributed by atoms with Gasteiger partial charge in [0, 0.05) is 4.47 Å². The number of nitrogens with zero attached hydrogens (tertiary/aromatic N) is 3. The van der Waals surface area contributed by atoms with Crippen LogP contribution in [0.15, 0.2) is 16.6 Å². The molecular weight excluding hydrogens is 345 g/mol. The summed E-state index contributed by atoms with van der Waals surface area (Å²) in [6.07, 6.45) is -4.69. The Kier molecular flexibility index (Phi) is 3.61. The number of alkyl halides is 3. The normalized spacial score (nSPS) is 11.4. The molecule has 0 bridgehead atoms. The maximum absolute atomic E-state index is 13.2. The van der Waals surface area contributed by atoms with E-state index in [1.807, 2.05) is 0 Å². The van der Waals surface area contributed by atoms with E-state index in [0.29, 0.717) is 0 Å². The first-order valence-corrected chi connectivity index (χ1v) is 5.80. The molecule has 2 amide bonds. The maximum atomic E-state index is 13.2. The molecule has 1 aromatic heterocycles. The summed E-state index contributed by atoms with van der Waals surface area (Å²) in [4.78, 5) is 10.9. The quantitative estimate of drug-likeness (QED) is 0.770. The van der Waals surface area contributed by atoms with E-state index in [0.717, 1.165) is 6.07 Å². The third kappa shape index (κ3) is 2.71. The van der Waals surface area contributed by atoms with Crippen LogP contribution >= 0.6 is 15.9 Å². The van der Waals surface area contributed by atoms with Crippen molar-refractivity contribution in [3.05, 3.63) is 22.2 Å². The standard InChI is InChI=1S/C9H6BrF3N6O/c10-3-1-2-4(15-8(14)20)5(6(3)9(11,12)13)7-16-18-19-17-7/h1-2H,(H3,14,15,20)(H,16,17,18,19). The number of carbonyl (C=O) groups is 1. The van der Waals surface area contributed by atoms with Gasteiger partial charge in [-0.3, -0.25) is 0 Å². The summed E-state index contributed by atoms with van der Waals surface area (Å²) in [6, 6.07) is 1.37. The van der Waals surface area contributed by atoms with Crippen molar-refractivity contribution < 1.29 is 18.0 Å². The molecular formula is C9H6BrF3N6O. The lowest BCUT2D eigenvalue weighted by Crippen LogP contribution is -2.21. The summed E-state index contributed by atoms with van der Waals surface area (Å²) in [5, 5.41) is 14.4.